The minimum Gasteiger partial charge on any atom is -0.357 e. The number of aryl methyl sites for hydroxylation is 1. The molecule has 26 heavy (non-hydrogen) atoms. The van der Waals surface area contributed by atoms with Crippen molar-refractivity contribution in [3.63, 3.8) is 0 Å². The van der Waals surface area contributed by atoms with Crippen LogP contribution in [0.4, 0.5) is 0 Å². The molecule has 1 aromatic heterocycles. The summed E-state index contributed by atoms with van der Waals surface area (Å²) in [6.45, 7) is 13.0. The van der Waals surface area contributed by atoms with Crippen LogP contribution in [0.2, 0.25) is 0 Å². The monoisotopic (exact) mass is 478 g/mol. The molecule has 1 aromatic rings. The summed E-state index contributed by atoms with van der Waals surface area (Å²) in [6.07, 6.45) is 5.35. The molecule has 1 fully saturated rings. The Morgan fingerprint density at radius 3 is 2.42 bits per heavy atom. The van der Waals surface area contributed by atoms with E-state index in [0.717, 1.165) is 19.0 Å². The van der Waals surface area contributed by atoms with Crippen molar-refractivity contribution in [2.45, 2.75) is 66.0 Å². The van der Waals surface area contributed by atoms with Gasteiger partial charge in [-0.15, -0.1) is 24.0 Å². The van der Waals surface area contributed by atoms with Crippen LogP contribution in [0, 0.1) is 12.8 Å². The van der Waals surface area contributed by atoms with E-state index in [4.69, 9.17) is 4.52 Å². The van der Waals surface area contributed by atoms with Gasteiger partial charge in [0.2, 0.25) is 5.89 Å². The van der Waals surface area contributed by atoms with Crippen molar-refractivity contribution in [3.8, 4) is 0 Å². The van der Waals surface area contributed by atoms with Gasteiger partial charge >= 0.3 is 0 Å². The number of aromatic nitrogens is 2. The van der Waals surface area contributed by atoms with Gasteiger partial charge in [0.15, 0.2) is 11.8 Å². The largest absolute Gasteiger partial charge is 0.357 e. The molecule has 1 atom stereocenters. The van der Waals surface area contributed by atoms with Crippen molar-refractivity contribution in [2.75, 3.05) is 26.2 Å². The van der Waals surface area contributed by atoms with Gasteiger partial charge in [0.05, 0.1) is 0 Å². The molecule has 2 heterocycles. The van der Waals surface area contributed by atoms with Gasteiger partial charge in [0, 0.05) is 19.1 Å². The Bertz CT molecular complexity index is 526. The van der Waals surface area contributed by atoms with Crippen LogP contribution in [-0.2, 0) is 6.54 Å². The highest BCUT2D eigenvalue weighted by Crippen LogP contribution is 2.17. The fraction of sp³-hybridized carbons (Fsp3) is 0.833. The Morgan fingerprint density at radius 2 is 1.88 bits per heavy atom. The first-order chi connectivity index (χ1) is 12.1. The summed E-state index contributed by atoms with van der Waals surface area (Å²) in [5.41, 5.74) is 0. The van der Waals surface area contributed by atoms with E-state index in [2.05, 4.69) is 51.4 Å². The molecule has 0 saturated carbocycles. The third-order valence-corrected chi connectivity index (χ3v) is 4.64. The summed E-state index contributed by atoms with van der Waals surface area (Å²) < 4.78 is 5.13. The highest BCUT2D eigenvalue weighted by Gasteiger charge is 2.22. The molecule has 1 aliphatic heterocycles. The zero-order valence-electron chi connectivity index (χ0n) is 16.6. The summed E-state index contributed by atoms with van der Waals surface area (Å²) in [4.78, 5) is 11.4. The Labute approximate surface area is 174 Å². The van der Waals surface area contributed by atoms with Crippen LogP contribution in [0.5, 0.6) is 0 Å². The second-order valence-electron chi connectivity index (χ2n) is 7.07. The van der Waals surface area contributed by atoms with E-state index < -0.39 is 0 Å². The normalized spacial score (nSPS) is 17.5. The zero-order chi connectivity index (χ0) is 18.1. The number of rotatable bonds is 7. The Balaban J connectivity index is 0.00000338. The van der Waals surface area contributed by atoms with Crippen molar-refractivity contribution in [2.24, 2.45) is 10.9 Å². The number of aliphatic imine (C=N–C) groups is 1. The van der Waals surface area contributed by atoms with Gasteiger partial charge in [-0.3, -0.25) is 4.90 Å². The maximum absolute atomic E-state index is 5.13. The highest BCUT2D eigenvalue weighted by atomic mass is 127. The third kappa shape index (κ3) is 7.77. The second kappa shape index (κ2) is 12.5. The van der Waals surface area contributed by atoms with E-state index >= 15 is 0 Å². The molecule has 0 aliphatic carbocycles. The number of nitrogens with one attached hydrogen (secondary N) is 2. The SMILES string of the molecule is CCNC(=NCc1nc(C)no1)NCC(C(C)C)N1CCCCCC1.I. The van der Waals surface area contributed by atoms with Crippen molar-refractivity contribution >= 4 is 29.9 Å². The van der Waals surface area contributed by atoms with Crippen LogP contribution in [-0.4, -0.2) is 53.2 Å². The lowest BCUT2D eigenvalue weighted by molar-refractivity contribution is 0.161. The van der Waals surface area contributed by atoms with Gasteiger partial charge in [-0.1, -0.05) is 31.8 Å². The van der Waals surface area contributed by atoms with Crippen LogP contribution in [0.25, 0.3) is 0 Å². The number of likely N-dealkylation sites (tertiary alicyclic amines) is 1. The van der Waals surface area contributed by atoms with Crippen LogP contribution >= 0.6 is 24.0 Å². The first-order valence-corrected chi connectivity index (χ1v) is 9.65. The molecule has 1 aliphatic rings. The average molecular weight is 478 g/mol. The van der Waals surface area contributed by atoms with E-state index in [1.807, 2.05) is 6.92 Å². The Hall–Kier alpha value is -0.900. The summed E-state index contributed by atoms with van der Waals surface area (Å²) in [5.74, 6) is 2.60. The fourth-order valence-electron chi connectivity index (χ4n) is 3.31. The lowest BCUT2D eigenvalue weighted by Gasteiger charge is -2.34. The number of halogens is 1. The van der Waals surface area contributed by atoms with Crippen molar-refractivity contribution < 1.29 is 4.52 Å². The molecular formula is C18H35IN6O. The molecule has 0 aromatic carbocycles. The summed E-state index contributed by atoms with van der Waals surface area (Å²) in [7, 11) is 0. The van der Waals surface area contributed by atoms with Crippen LogP contribution < -0.4 is 10.6 Å². The van der Waals surface area contributed by atoms with E-state index in [9.17, 15) is 0 Å². The maximum Gasteiger partial charge on any atom is 0.248 e. The molecule has 1 unspecified atom stereocenters. The predicted octanol–water partition coefficient (Wildman–Crippen LogP) is 2.95. The molecular weight excluding hydrogens is 443 g/mol. The molecule has 150 valence electrons. The van der Waals surface area contributed by atoms with E-state index in [0.29, 0.717) is 30.2 Å². The minimum atomic E-state index is 0. The number of hydrogen-bond donors (Lipinski definition) is 2. The molecule has 0 radical (unpaired) electrons. The first-order valence-electron chi connectivity index (χ1n) is 9.65. The lowest BCUT2D eigenvalue weighted by Crippen LogP contribution is -2.49. The number of hydrogen-bond acceptors (Lipinski definition) is 5. The average Bonchev–Trinajstić information content (AvgIpc) is 2.83. The number of guanidine groups is 1. The molecule has 7 nitrogen and oxygen atoms in total. The van der Waals surface area contributed by atoms with Gasteiger partial charge < -0.3 is 15.2 Å². The van der Waals surface area contributed by atoms with Gasteiger partial charge in [0.25, 0.3) is 0 Å². The molecule has 2 N–H and O–H groups in total. The highest BCUT2D eigenvalue weighted by molar-refractivity contribution is 14.0. The van der Waals surface area contributed by atoms with Crippen LogP contribution in [0.1, 0.15) is 58.2 Å². The molecule has 0 bridgehead atoms. The Kier molecular flexibility index (Phi) is 11.1. The van der Waals surface area contributed by atoms with E-state index in [1.165, 1.54) is 38.8 Å². The van der Waals surface area contributed by atoms with Crippen LogP contribution in [0.3, 0.4) is 0 Å². The van der Waals surface area contributed by atoms with Crippen molar-refractivity contribution in [3.05, 3.63) is 11.7 Å². The van der Waals surface area contributed by atoms with Gasteiger partial charge in [-0.2, -0.15) is 4.98 Å². The number of nitrogens with zero attached hydrogens (tertiary/aromatic N) is 4. The summed E-state index contributed by atoms with van der Waals surface area (Å²) in [6, 6.07) is 0.521. The van der Waals surface area contributed by atoms with E-state index in [-0.39, 0.29) is 24.0 Å². The predicted molar refractivity (Wildman–Crippen MR) is 116 cm³/mol. The second-order valence-corrected chi connectivity index (χ2v) is 7.07. The minimum absolute atomic E-state index is 0. The summed E-state index contributed by atoms with van der Waals surface area (Å²) >= 11 is 0. The Morgan fingerprint density at radius 1 is 1.19 bits per heavy atom. The van der Waals surface area contributed by atoms with E-state index in [1.54, 1.807) is 0 Å². The third-order valence-electron chi connectivity index (χ3n) is 4.64. The van der Waals surface area contributed by atoms with Crippen LogP contribution in [0.15, 0.2) is 9.52 Å². The van der Waals surface area contributed by atoms with Gasteiger partial charge in [0.1, 0.15) is 6.54 Å². The summed E-state index contributed by atoms with van der Waals surface area (Å²) in [5, 5.41) is 10.6. The zero-order valence-corrected chi connectivity index (χ0v) is 19.0. The maximum atomic E-state index is 5.13. The van der Waals surface area contributed by atoms with Gasteiger partial charge in [-0.25, -0.2) is 4.99 Å². The standard InChI is InChI=1S/C18H34N6O.HI/c1-5-19-18(21-13-17-22-15(4)23-25-17)20-12-16(14(2)3)24-10-8-6-7-9-11-24;/h14,16H,5-13H2,1-4H3,(H2,19,20,21);1H. The molecule has 0 spiro atoms. The topological polar surface area (TPSA) is 78.6 Å². The lowest BCUT2D eigenvalue weighted by atomic mass is 10.0. The van der Waals surface area contributed by atoms with Gasteiger partial charge in [-0.05, 0) is 45.7 Å². The molecule has 0 amide bonds. The fourth-order valence-corrected chi connectivity index (χ4v) is 3.31. The molecule has 8 heteroatoms. The van der Waals surface area contributed by atoms with Crippen molar-refractivity contribution in [1.29, 1.82) is 0 Å². The smallest absolute Gasteiger partial charge is 0.248 e. The quantitative estimate of drug-likeness (QED) is 0.357. The molecule has 1 saturated heterocycles. The molecule has 2 rings (SSSR count). The first kappa shape index (κ1) is 23.1. The van der Waals surface area contributed by atoms with Crippen molar-refractivity contribution in [1.82, 2.24) is 25.7 Å².